The zero-order valence-corrected chi connectivity index (χ0v) is 25.9. The number of imidazole rings is 1. The molecule has 0 saturated heterocycles. The standard InChI is InChI=1S/C34H56N4O/c1-22(2)9-8-10-24(5)28-13-14-29-27-12-11-25-21-26(15-17-33(25,6)30(27)16-18-34(28,29)7)38(37-23(3)4)32(39)31-35-19-20-36-31/h11,19-20,22-24,26-30,37H,8-10,12-18,21H2,1-7H3,(H,35,36)/t24-,26?,27?,28-,29?,30?,33+,34-/m1/s1. The van der Waals surface area contributed by atoms with Crippen molar-refractivity contribution < 1.29 is 4.79 Å². The van der Waals surface area contributed by atoms with Gasteiger partial charge in [0.25, 0.3) is 0 Å². The average molecular weight is 537 g/mol. The fraction of sp³-hybridized carbons (Fsp3) is 0.824. The molecule has 5 nitrogen and oxygen atoms in total. The van der Waals surface area contributed by atoms with E-state index in [2.05, 4.69) is 69.9 Å². The summed E-state index contributed by atoms with van der Waals surface area (Å²) in [4.78, 5) is 20.7. The summed E-state index contributed by atoms with van der Waals surface area (Å²) in [6.07, 6.45) is 20.4. The number of nitrogens with zero attached hydrogens (tertiary/aromatic N) is 2. The van der Waals surface area contributed by atoms with E-state index in [9.17, 15) is 4.79 Å². The number of amides is 1. The molecule has 0 aliphatic heterocycles. The summed E-state index contributed by atoms with van der Waals surface area (Å²) in [7, 11) is 0. The molecule has 3 fully saturated rings. The third-order valence-electron chi connectivity index (χ3n) is 12.0. The van der Waals surface area contributed by atoms with Crippen molar-refractivity contribution in [3.05, 3.63) is 29.9 Å². The Morgan fingerprint density at radius 2 is 1.87 bits per heavy atom. The Bertz CT molecular complexity index is 1010. The van der Waals surface area contributed by atoms with Crippen LogP contribution in [0.15, 0.2) is 24.0 Å². The maximum absolute atomic E-state index is 13.4. The maximum atomic E-state index is 13.4. The second kappa shape index (κ2) is 11.3. The van der Waals surface area contributed by atoms with Crippen LogP contribution in [0.25, 0.3) is 0 Å². The predicted molar refractivity (Wildman–Crippen MR) is 160 cm³/mol. The number of nitrogens with one attached hydrogen (secondary N) is 2. The van der Waals surface area contributed by atoms with E-state index < -0.39 is 0 Å². The first kappa shape index (κ1) is 28.9. The molecular formula is C34H56N4O. The number of hydrogen-bond donors (Lipinski definition) is 2. The van der Waals surface area contributed by atoms with Gasteiger partial charge in [0.1, 0.15) is 0 Å². The Kier molecular flexibility index (Phi) is 8.40. The smallest absolute Gasteiger partial charge is 0.303 e. The highest BCUT2D eigenvalue weighted by molar-refractivity contribution is 5.90. The first-order chi connectivity index (χ1) is 18.5. The Labute approximate surface area is 238 Å². The summed E-state index contributed by atoms with van der Waals surface area (Å²) < 4.78 is 0. The van der Waals surface area contributed by atoms with E-state index in [0.29, 0.717) is 16.7 Å². The number of allylic oxidation sites excluding steroid dienone is 1. The number of aromatic nitrogens is 2. The number of carbonyl (C=O) groups is 1. The molecule has 2 N–H and O–H groups in total. The summed E-state index contributed by atoms with van der Waals surface area (Å²) in [6, 6.07) is 0.373. The van der Waals surface area contributed by atoms with Gasteiger partial charge >= 0.3 is 5.91 Å². The molecule has 0 spiro atoms. The van der Waals surface area contributed by atoms with Crippen LogP contribution in [0.5, 0.6) is 0 Å². The minimum Gasteiger partial charge on any atom is -0.340 e. The lowest BCUT2D eigenvalue weighted by atomic mass is 9.47. The number of hydrogen-bond acceptors (Lipinski definition) is 3. The molecule has 4 aliphatic carbocycles. The highest BCUT2D eigenvalue weighted by Crippen LogP contribution is 2.67. The van der Waals surface area contributed by atoms with Gasteiger partial charge in [0.05, 0.1) is 6.04 Å². The molecule has 1 aromatic rings. The highest BCUT2D eigenvalue weighted by atomic mass is 16.2. The summed E-state index contributed by atoms with van der Waals surface area (Å²) in [6.45, 7) is 16.8. The number of rotatable bonds is 9. The summed E-state index contributed by atoms with van der Waals surface area (Å²) in [5.74, 6) is 5.53. The quantitative estimate of drug-likeness (QED) is 0.247. The summed E-state index contributed by atoms with van der Waals surface area (Å²) >= 11 is 0. The monoisotopic (exact) mass is 536 g/mol. The molecule has 4 aliphatic rings. The Morgan fingerprint density at radius 3 is 2.56 bits per heavy atom. The predicted octanol–water partition coefficient (Wildman–Crippen LogP) is 8.17. The van der Waals surface area contributed by atoms with E-state index in [1.54, 1.807) is 18.0 Å². The van der Waals surface area contributed by atoms with Crippen molar-refractivity contribution in [2.45, 2.75) is 131 Å². The van der Waals surface area contributed by atoms with Crippen molar-refractivity contribution in [2.75, 3.05) is 0 Å². The van der Waals surface area contributed by atoms with Gasteiger partial charge in [-0.05, 0) is 112 Å². The number of carbonyl (C=O) groups excluding carboxylic acids is 1. The van der Waals surface area contributed by atoms with Crippen molar-refractivity contribution in [2.24, 2.45) is 46.3 Å². The number of fused-ring (bicyclic) bond motifs is 5. The molecular weight excluding hydrogens is 480 g/mol. The Balaban J connectivity index is 1.30. The molecule has 1 aromatic heterocycles. The Hall–Kier alpha value is -1.62. The third kappa shape index (κ3) is 5.38. The summed E-state index contributed by atoms with van der Waals surface area (Å²) in [5.41, 5.74) is 5.92. The molecule has 5 rings (SSSR count). The lowest BCUT2D eigenvalue weighted by Crippen LogP contribution is -2.56. The molecule has 4 unspecified atom stereocenters. The van der Waals surface area contributed by atoms with Gasteiger partial charge < -0.3 is 4.98 Å². The lowest BCUT2D eigenvalue weighted by molar-refractivity contribution is -0.0555. The minimum atomic E-state index is -0.0375. The molecule has 39 heavy (non-hydrogen) atoms. The van der Waals surface area contributed by atoms with Crippen molar-refractivity contribution in [1.82, 2.24) is 20.4 Å². The first-order valence-electron chi connectivity index (χ1n) is 16.3. The summed E-state index contributed by atoms with van der Waals surface area (Å²) in [5, 5.41) is 1.90. The highest BCUT2D eigenvalue weighted by Gasteiger charge is 2.59. The van der Waals surface area contributed by atoms with Crippen LogP contribution in [-0.2, 0) is 0 Å². The van der Waals surface area contributed by atoms with Gasteiger partial charge in [-0.2, -0.15) is 0 Å². The van der Waals surface area contributed by atoms with Crippen molar-refractivity contribution >= 4 is 5.91 Å². The molecule has 1 amide bonds. The van der Waals surface area contributed by atoms with Crippen LogP contribution < -0.4 is 5.43 Å². The van der Waals surface area contributed by atoms with Gasteiger partial charge in [0.15, 0.2) is 5.82 Å². The fourth-order valence-corrected chi connectivity index (χ4v) is 9.99. The van der Waals surface area contributed by atoms with E-state index in [-0.39, 0.29) is 18.0 Å². The molecule has 5 heteroatoms. The number of hydrazine groups is 1. The van der Waals surface area contributed by atoms with Gasteiger partial charge in [-0.25, -0.2) is 10.4 Å². The third-order valence-corrected chi connectivity index (χ3v) is 12.0. The number of aromatic amines is 1. The zero-order valence-electron chi connectivity index (χ0n) is 25.9. The van der Waals surface area contributed by atoms with Crippen LogP contribution in [0.4, 0.5) is 0 Å². The molecule has 0 aromatic carbocycles. The second-order valence-corrected chi connectivity index (χ2v) is 15.1. The molecule has 3 saturated carbocycles. The van der Waals surface area contributed by atoms with E-state index in [1.807, 2.05) is 5.01 Å². The van der Waals surface area contributed by atoms with Gasteiger partial charge in [-0.15, -0.1) is 0 Å². The van der Waals surface area contributed by atoms with Gasteiger partial charge in [0, 0.05) is 18.4 Å². The molecule has 1 heterocycles. The largest absolute Gasteiger partial charge is 0.340 e. The number of H-pyrrole nitrogens is 1. The van der Waals surface area contributed by atoms with Crippen LogP contribution >= 0.6 is 0 Å². The zero-order chi connectivity index (χ0) is 27.9. The molecule has 0 bridgehead atoms. The average Bonchev–Trinajstić information content (AvgIpc) is 3.54. The second-order valence-electron chi connectivity index (χ2n) is 15.1. The van der Waals surface area contributed by atoms with Crippen molar-refractivity contribution in [3.8, 4) is 0 Å². The maximum Gasteiger partial charge on any atom is 0.303 e. The van der Waals surface area contributed by atoms with Crippen LogP contribution in [-0.4, -0.2) is 33.0 Å². The molecule has 8 atom stereocenters. The molecule has 218 valence electrons. The van der Waals surface area contributed by atoms with E-state index in [0.717, 1.165) is 48.3 Å². The van der Waals surface area contributed by atoms with Crippen LogP contribution in [0.2, 0.25) is 0 Å². The van der Waals surface area contributed by atoms with Crippen LogP contribution in [0.3, 0.4) is 0 Å². The SMILES string of the molecule is CC(C)CCC[C@@H](C)[C@H]1CCC2C3CC=C4CC(N(NC(C)C)C(=O)c5ncc[nH]5)CC[C@]4(C)C3CC[C@@]21C. The van der Waals surface area contributed by atoms with Crippen LogP contribution in [0, 0.1) is 46.3 Å². The van der Waals surface area contributed by atoms with Crippen molar-refractivity contribution in [3.63, 3.8) is 0 Å². The van der Waals surface area contributed by atoms with Crippen molar-refractivity contribution in [1.29, 1.82) is 0 Å². The van der Waals surface area contributed by atoms with E-state index in [1.165, 1.54) is 57.8 Å². The van der Waals surface area contributed by atoms with Gasteiger partial charge in [0.2, 0.25) is 0 Å². The molecule has 0 radical (unpaired) electrons. The fourth-order valence-electron chi connectivity index (χ4n) is 9.99. The van der Waals surface area contributed by atoms with E-state index >= 15 is 0 Å². The van der Waals surface area contributed by atoms with E-state index in [4.69, 9.17) is 0 Å². The first-order valence-corrected chi connectivity index (χ1v) is 16.3. The van der Waals surface area contributed by atoms with Gasteiger partial charge in [-0.1, -0.05) is 65.5 Å². The lowest BCUT2D eigenvalue weighted by Gasteiger charge is -2.59. The van der Waals surface area contributed by atoms with Crippen LogP contribution in [0.1, 0.15) is 130 Å². The Morgan fingerprint density at radius 1 is 1.08 bits per heavy atom. The topological polar surface area (TPSA) is 61.0 Å². The minimum absolute atomic E-state index is 0.0375. The normalized spacial score (nSPS) is 36.7. The van der Waals surface area contributed by atoms with Gasteiger partial charge in [-0.3, -0.25) is 9.80 Å².